The van der Waals surface area contributed by atoms with Crippen LogP contribution >= 0.6 is 0 Å². The summed E-state index contributed by atoms with van der Waals surface area (Å²) in [6.07, 6.45) is 1.86. The van der Waals surface area contributed by atoms with Crippen molar-refractivity contribution in [1.29, 1.82) is 0 Å². The first-order valence-corrected chi connectivity index (χ1v) is 6.27. The number of anilines is 3. The van der Waals surface area contributed by atoms with Crippen molar-refractivity contribution in [2.24, 2.45) is 0 Å². The van der Waals surface area contributed by atoms with Crippen LogP contribution in [0.15, 0.2) is 30.3 Å². The van der Waals surface area contributed by atoms with Crippen molar-refractivity contribution >= 4 is 17.3 Å². The van der Waals surface area contributed by atoms with E-state index >= 15 is 0 Å². The largest absolute Gasteiger partial charge is 0.384 e. The quantitative estimate of drug-likeness (QED) is 0.875. The van der Waals surface area contributed by atoms with Gasteiger partial charge < -0.3 is 10.6 Å². The maximum absolute atomic E-state index is 5.84. The summed E-state index contributed by atoms with van der Waals surface area (Å²) in [5.41, 5.74) is 8.45. The number of aromatic nitrogens is 2. The lowest BCUT2D eigenvalue weighted by Crippen LogP contribution is -2.16. The van der Waals surface area contributed by atoms with Crippen molar-refractivity contribution in [3.05, 3.63) is 41.7 Å². The summed E-state index contributed by atoms with van der Waals surface area (Å²) in [6.45, 7) is 3.00. The molecule has 1 aliphatic rings. The SMILES string of the molecule is CCc1nc(N)cc(N2CCc3ccccc32)n1. The predicted octanol–water partition coefficient (Wildman–Crippen LogP) is 2.32. The van der Waals surface area contributed by atoms with Gasteiger partial charge in [0.15, 0.2) is 0 Å². The Labute approximate surface area is 106 Å². The first-order chi connectivity index (χ1) is 8.78. The van der Waals surface area contributed by atoms with E-state index in [1.165, 1.54) is 11.3 Å². The number of hydrogen-bond donors (Lipinski definition) is 1. The molecule has 2 N–H and O–H groups in total. The highest BCUT2D eigenvalue weighted by molar-refractivity contribution is 5.68. The lowest BCUT2D eigenvalue weighted by Gasteiger charge is -2.19. The van der Waals surface area contributed by atoms with Crippen molar-refractivity contribution in [3.63, 3.8) is 0 Å². The molecule has 0 amide bonds. The third kappa shape index (κ3) is 1.79. The molecule has 0 saturated carbocycles. The molecule has 0 unspecified atom stereocenters. The van der Waals surface area contributed by atoms with Crippen LogP contribution in [0.4, 0.5) is 17.3 Å². The summed E-state index contributed by atoms with van der Waals surface area (Å²) in [6, 6.07) is 10.3. The molecule has 1 aliphatic heterocycles. The van der Waals surface area contributed by atoms with Crippen LogP contribution in [0.1, 0.15) is 18.3 Å². The number of rotatable bonds is 2. The minimum atomic E-state index is 0.543. The van der Waals surface area contributed by atoms with Gasteiger partial charge in [-0.05, 0) is 18.1 Å². The van der Waals surface area contributed by atoms with Gasteiger partial charge in [-0.1, -0.05) is 25.1 Å². The smallest absolute Gasteiger partial charge is 0.138 e. The van der Waals surface area contributed by atoms with Crippen molar-refractivity contribution in [2.45, 2.75) is 19.8 Å². The fraction of sp³-hybridized carbons (Fsp3) is 0.286. The van der Waals surface area contributed by atoms with Gasteiger partial charge in [0.1, 0.15) is 17.5 Å². The molecule has 0 fully saturated rings. The number of aryl methyl sites for hydroxylation is 1. The first-order valence-electron chi connectivity index (χ1n) is 6.27. The molecule has 0 radical (unpaired) electrons. The topological polar surface area (TPSA) is 55.0 Å². The molecule has 0 saturated heterocycles. The molecule has 4 nitrogen and oxygen atoms in total. The van der Waals surface area contributed by atoms with Crippen molar-refractivity contribution in [1.82, 2.24) is 9.97 Å². The van der Waals surface area contributed by atoms with Crippen molar-refractivity contribution in [2.75, 3.05) is 17.2 Å². The van der Waals surface area contributed by atoms with Crippen LogP contribution in [-0.4, -0.2) is 16.5 Å². The summed E-state index contributed by atoms with van der Waals surface area (Å²) in [7, 11) is 0. The molecule has 3 rings (SSSR count). The van der Waals surface area contributed by atoms with E-state index in [2.05, 4.69) is 39.1 Å². The lowest BCUT2D eigenvalue weighted by atomic mass is 10.2. The van der Waals surface area contributed by atoms with E-state index in [1.54, 1.807) is 0 Å². The number of nitrogens with two attached hydrogens (primary N) is 1. The molecular formula is C14H16N4. The Bertz CT molecular complexity index is 580. The highest BCUT2D eigenvalue weighted by Crippen LogP contribution is 2.33. The molecule has 0 spiro atoms. The molecule has 0 aliphatic carbocycles. The number of benzene rings is 1. The first kappa shape index (κ1) is 11.0. The number of fused-ring (bicyclic) bond motifs is 1. The fourth-order valence-corrected chi connectivity index (χ4v) is 2.38. The molecule has 92 valence electrons. The predicted molar refractivity (Wildman–Crippen MR) is 73.0 cm³/mol. The molecular weight excluding hydrogens is 224 g/mol. The van der Waals surface area contributed by atoms with Gasteiger partial charge in [-0.25, -0.2) is 9.97 Å². The lowest BCUT2D eigenvalue weighted by molar-refractivity contribution is 0.906. The maximum atomic E-state index is 5.84. The van der Waals surface area contributed by atoms with Crippen LogP contribution in [0.25, 0.3) is 0 Å². The maximum Gasteiger partial charge on any atom is 0.138 e. The zero-order valence-electron chi connectivity index (χ0n) is 10.4. The van der Waals surface area contributed by atoms with Crippen LogP contribution < -0.4 is 10.6 Å². The van der Waals surface area contributed by atoms with Crippen LogP contribution in [0.2, 0.25) is 0 Å². The summed E-state index contributed by atoms with van der Waals surface area (Å²) in [5, 5.41) is 0. The van der Waals surface area contributed by atoms with E-state index < -0.39 is 0 Å². The number of nitrogens with zero attached hydrogens (tertiary/aromatic N) is 3. The van der Waals surface area contributed by atoms with Gasteiger partial charge in [0.05, 0.1) is 0 Å². The second kappa shape index (κ2) is 4.29. The molecule has 18 heavy (non-hydrogen) atoms. The van der Waals surface area contributed by atoms with Gasteiger partial charge in [0.25, 0.3) is 0 Å². The molecule has 2 aromatic rings. The van der Waals surface area contributed by atoms with Gasteiger partial charge in [0, 0.05) is 24.7 Å². The third-order valence-corrected chi connectivity index (χ3v) is 3.26. The van der Waals surface area contributed by atoms with Crippen LogP contribution in [-0.2, 0) is 12.8 Å². The Hall–Kier alpha value is -2.10. The Morgan fingerprint density at radius 3 is 2.94 bits per heavy atom. The fourth-order valence-electron chi connectivity index (χ4n) is 2.38. The van der Waals surface area contributed by atoms with Gasteiger partial charge in [0.2, 0.25) is 0 Å². The second-order valence-electron chi connectivity index (χ2n) is 4.45. The summed E-state index contributed by atoms with van der Waals surface area (Å²) in [4.78, 5) is 11.0. The van der Waals surface area contributed by atoms with E-state index in [9.17, 15) is 0 Å². The van der Waals surface area contributed by atoms with E-state index in [0.29, 0.717) is 5.82 Å². The standard InChI is InChI=1S/C14H16N4/c1-2-13-16-12(15)9-14(17-13)18-8-7-10-5-3-4-6-11(10)18/h3-6,9H,2,7-8H2,1H3,(H2,15,16,17). The molecule has 1 aromatic heterocycles. The van der Waals surface area contributed by atoms with Gasteiger partial charge in [-0.3, -0.25) is 0 Å². The Kier molecular flexibility index (Phi) is 2.63. The Morgan fingerprint density at radius 1 is 1.28 bits per heavy atom. The van der Waals surface area contributed by atoms with Crippen molar-refractivity contribution in [3.8, 4) is 0 Å². The third-order valence-electron chi connectivity index (χ3n) is 3.26. The van der Waals surface area contributed by atoms with Crippen LogP contribution in [0.3, 0.4) is 0 Å². The molecule has 0 bridgehead atoms. The highest BCUT2D eigenvalue weighted by Gasteiger charge is 2.21. The zero-order chi connectivity index (χ0) is 12.5. The average Bonchev–Trinajstić information content (AvgIpc) is 2.81. The van der Waals surface area contributed by atoms with E-state index in [-0.39, 0.29) is 0 Å². The number of nitrogen functional groups attached to an aromatic ring is 1. The minimum absolute atomic E-state index is 0.543. The van der Waals surface area contributed by atoms with E-state index in [0.717, 1.165) is 31.0 Å². The van der Waals surface area contributed by atoms with Crippen molar-refractivity contribution < 1.29 is 0 Å². The number of hydrogen-bond acceptors (Lipinski definition) is 4. The summed E-state index contributed by atoms with van der Waals surface area (Å²) >= 11 is 0. The van der Waals surface area contributed by atoms with Crippen LogP contribution in [0.5, 0.6) is 0 Å². The Morgan fingerprint density at radius 2 is 2.11 bits per heavy atom. The number of para-hydroxylation sites is 1. The second-order valence-corrected chi connectivity index (χ2v) is 4.45. The monoisotopic (exact) mass is 240 g/mol. The molecule has 4 heteroatoms. The van der Waals surface area contributed by atoms with Crippen LogP contribution in [0, 0.1) is 0 Å². The summed E-state index contributed by atoms with van der Waals surface area (Å²) < 4.78 is 0. The molecule has 0 atom stereocenters. The Balaban J connectivity index is 2.04. The van der Waals surface area contributed by atoms with Gasteiger partial charge >= 0.3 is 0 Å². The minimum Gasteiger partial charge on any atom is -0.384 e. The van der Waals surface area contributed by atoms with E-state index in [1.807, 2.05) is 13.0 Å². The van der Waals surface area contributed by atoms with E-state index in [4.69, 9.17) is 5.73 Å². The van der Waals surface area contributed by atoms with Gasteiger partial charge in [-0.2, -0.15) is 0 Å². The molecule has 1 aromatic carbocycles. The molecule has 2 heterocycles. The zero-order valence-corrected chi connectivity index (χ0v) is 10.4. The average molecular weight is 240 g/mol. The highest BCUT2D eigenvalue weighted by atomic mass is 15.2. The van der Waals surface area contributed by atoms with Gasteiger partial charge in [-0.15, -0.1) is 0 Å². The summed E-state index contributed by atoms with van der Waals surface area (Å²) in [5.74, 6) is 2.25. The normalized spacial score (nSPS) is 13.7.